The molecule has 0 radical (unpaired) electrons. The summed E-state index contributed by atoms with van der Waals surface area (Å²) in [6, 6.07) is 7.46. The Hall–Kier alpha value is -2.65. The average Bonchev–Trinajstić information content (AvgIpc) is 2.43. The third-order valence-electron chi connectivity index (χ3n) is 2.62. The lowest BCUT2D eigenvalue weighted by molar-refractivity contribution is -0.674. The number of nitrogens with one attached hydrogen (secondary N) is 1. The third kappa shape index (κ3) is 4.55. The highest BCUT2D eigenvalue weighted by Gasteiger charge is 2.18. The van der Waals surface area contributed by atoms with Crippen LogP contribution < -0.4 is 15.7 Å². The van der Waals surface area contributed by atoms with E-state index in [4.69, 9.17) is 5.26 Å². The van der Waals surface area contributed by atoms with Crippen LogP contribution >= 0.6 is 0 Å². The van der Waals surface area contributed by atoms with Crippen LogP contribution in [-0.4, -0.2) is 24.5 Å². The number of carbonyl (C=O) groups is 2. The van der Waals surface area contributed by atoms with Crippen molar-refractivity contribution >= 4 is 17.6 Å². The van der Waals surface area contributed by atoms with Crippen molar-refractivity contribution in [1.29, 1.82) is 5.26 Å². The number of nitrogens with zero attached hydrogens (tertiary/aromatic N) is 1. The number of amides is 1. The summed E-state index contributed by atoms with van der Waals surface area (Å²) in [5.41, 5.74) is 0.682. The normalized spacial score (nSPS) is 11.2. The van der Waals surface area contributed by atoms with Gasteiger partial charge < -0.3 is 20.5 Å². The fourth-order valence-electron chi connectivity index (χ4n) is 1.61. The average molecular weight is 273 g/mol. The van der Waals surface area contributed by atoms with Crippen molar-refractivity contribution in [1.82, 2.24) is 0 Å². The number of hydrogen-bond acceptors (Lipinski definition) is 4. The highest BCUT2D eigenvalue weighted by molar-refractivity contribution is 5.94. The fourth-order valence-corrected chi connectivity index (χ4v) is 1.61. The summed E-state index contributed by atoms with van der Waals surface area (Å²) in [7, 11) is 0. The molecule has 6 nitrogen and oxygen atoms in total. The maximum atomic E-state index is 11.8. The molecule has 0 unspecified atom stereocenters. The van der Waals surface area contributed by atoms with Crippen molar-refractivity contribution in [3.8, 4) is 6.07 Å². The van der Waals surface area contributed by atoms with E-state index in [0.29, 0.717) is 17.8 Å². The summed E-state index contributed by atoms with van der Waals surface area (Å²) >= 11 is 0. The molecule has 1 rings (SSSR count). The SMILES string of the molecule is C=CC[NH2+][C@H](CC(=O)Nc1ccccc1C#N)C(=O)[O-]. The number of anilines is 1. The largest absolute Gasteiger partial charge is 0.544 e. The smallest absolute Gasteiger partial charge is 0.230 e. The molecule has 0 heterocycles. The molecule has 1 aromatic rings. The van der Waals surface area contributed by atoms with Gasteiger partial charge in [-0.25, -0.2) is 0 Å². The summed E-state index contributed by atoms with van der Waals surface area (Å²) in [4.78, 5) is 22.7. The van der Waals surface area contributed by atoms with Crippen molar-refractivity contribution in [3.63, 3.8) is 0 Å². The van der Waals surface area contributed by atoms with Crippen LogP contribution in [0.25, 0.3) is 0 Å². The molecule has 6 heteroatoms. The maximum absolute atomic E-state index is 11.8. The van der Waals surface area contributed by atoms with Crippen LogP contribution in [0.3, 0.4) is 0 Å². The summed E-state index contributed by atoms with van der Waals surface area (Å²) < 4.78 is 0. The summed E-state index contributed by atoms with van der Waals surface area (Å²) in [6.45, 7) is 3.86. The Morgan fingerprint density at radius 3 is 2.80 bits per heavy atom. The van der Waals surface area contributed by atoms with Crippen molar-refractivity contribution in [2.45, 2.75) is 12.5 Å². The Labute approximate surface area is 116 Å². The molecule has 0 aliphatic carbocycles. The molecule has 3 N–H and O–H groups in total. The lowest BCUT2D eigenvalue weighted by atomic mass is 10.1. The number of carboxylic acid groups (broad SMARTS) is 1. The second kappa shape index (κ2) is 7.71. The zero-order valence-electron chi connectivity index (χ0n) is 10.8. The van der Waals surface area contributed by atoms with E-state index in [9.17, 15) is 14.7 Å². The van der Waals surface area contributed by atoms with Crippen LogP contribution in [-0.2, 0) is 9.59 Å². The minimum Gasteiger partial charge on any atom is -0.544 e. The van der Waals surface area contributed by atoms with Crippen molar-refractivity contribution in [2.24, 2.45) is 0 Å². The van der Waals surface area contributed by atoms with Gasteiger partial charge in [-0.05, 0) is 18.2 Å². The predicted octanol–water partition coefficient (Wildman–Crippen LogP) is -1.25. The van der Waals surface area contributed by atoms with Gasteiger partial charge in [0.1, 0.15) is 12.1 Å². The third-order valence-corrected chi connectivity index (χ3v) is 2.62. The van der Waals surface area contributed by atoms with Crippen molar-refractivity contribution in [2.75, 3.05) is 11.9 Å². The Kier molecular flexibility index (Phi) is 5.94. The minimum absolute atomic E-state index is 0.240. The first-order valence-corrected chi connectivity index (χ1v) is 6.02. The van der Waals surface area contributed by atoms with E-state index in [1.165, 1.54) is 5.32 Å². The van der Waals surface area contributed by atoms with Crippen LogP contribution in [0.1, 0.15) is 12.0 Å². The van der Waals surface area contributed by atoms with Crippen LogP contribution in [0.2, 0.25) is 0 Å². The molecule has 1 atom stereocenters. The summed E-state index contributed by atoms with van der Waals surface area (Å²) in [5, 5.41) is 23.8. The topological polar surface area (TPSA) is 110 Å². The first-order chi connectivity index (χ1) is 9.58. The van der Waals surface area contributed by atoms with Gasteiger partial charge in [-0.3, -0.25) is 4.79 Å². The minimum atomic E-state index is -1.31. The molecular formula is C14H15N3O3. The number of para-hydroxylation sites is 1. The second-order valence-corrected chi connectivity index (χ2v) is 4.10. The molecule has 0 spiro atoms. The van der Waals surface area contributed by atoms with Gasteiger partial charge in [0.25, 0.3) is 0 Å². The van der Waals surface area contributed by atoms with Gasteiger partial charge in [-0.15, -0.1) is 0 Å². The molecule has 0 saturated carbocycles. The number of aliphatic carboxylic acids is 1. The molecule has 0 saturated heterocycles. The molecule has 1 amide bonds. The van der Waals surface area contributed by atoms with E-state index in [1.54, 1.807) is 30.3 Å². The highest BCUT2D eigenvalue weighted by Crippen LogP contribution is 2.13. The van der Waals surface area contributed by atoms with Crippen LogP contribution in [0, 0.1) is 11.3 Å². The van der Waals surface area contributed by atoms with Gasteiger partial charge in [0.15, 0.2) is 0 Å². The first kappa shape index (κ1) is 15.4. The number of rotatable bonds is 7. The zero-order valence-corrected chi connectivity index (χ0v) is 10.8. The van der Waals surface area contributed by atoms with E-state index in [1.807, 2.05) is 6.07 Å². The fraction of sp³-hybridized carbons (Fsp3) is 0.214. The number of quaternary nitrogens is 1. The number of nitriles is 1. The number of nitrogens with two attached hydrogens (primary N) is 1. The Bertz CT molecular complexity index is 549. The van der Waals surface area contributed by atoms with Crippen LogP contribution in [0.15, 0.2) is 36.9 Å². The number of carboxylic acids is 1. The second-order valence-electron chi connectivity index (χ2n) is 4.10. The maximum Gasteiger partial charge on any atom is 0.230 e. The Morgan fingerprint density at radius 1 is 1.50 bits per heavy atom. The quantitative estimate of drug-likeness (QED) is 0.605. The highest BCUT2D eigenvalue weighted by atomic mass is 16.4. The first-order valence-electron chi connectivity index (χ1n) is 6.02. The number of carbonyl (C=O) groups excluding carboxylic acids is 2. The summed E-state index contributed by atoms with van der Waals surface area (Å²) in [6.07, 6.45) is 1.30. The standard InChI is InChI=1S/C14H15N3O3/c1-2-7-16-12(14(19)20)8-13(18)17-11-6-4-3-5-10(11)9-15/h2-6,12,16H,1,7-8H2,(H,17,18)(H,19,20)/t12-/m1/s1. The van der Waals surface area contributed by atoms with Crippen molar-refractivity contribution < 1.29 is 20.0 Å². The lowest BCUT2D eigenvalue weighted by Gasteiger charge is -2.15. The van der Waals surface area contributed by atoms with Gasteiger partial charge in [0, 0.05) is 0 Å². The van der Waals surface area contributed by atoms with Gasteiger partial charge >= 0.3 is 0 Å². The molecule has 20 heavy (non-hydrogen) atoms. The number of hydrogen-bond donors (Lipinski definition) is 2. The monoisotopic (exact) mass is 273 g/mol. The van der Waals surface area contributed by atoms with E-state index in [-0.39, 0.29) is 6.42 Å². The molecule has 1 aromatic carbocycles. The van der Waals surface area contributed by atoms with E-state index in [0.717, 1.165) is 0 Å². The molecule has 104 valence electrons. The molecule has 0 aliphatic heterocycles. The Morgan fingerprint density at radius 2 is 2.20 bits per heavy atom. The van der Waals surface area contributed by atoms with Crippen molar-refractivity contribution in [3.05, 3.63) is 42.5 Å². The van der Waals surface area contributed by atoms with Crippen LogP contribution in [0.5, 0.6) is 0 Å². The van der Waals surface area contributed by atoms with Gasteiger partial charge in [-0.1, -0.05) is 18.7 Å². The van der Waals surface area contributed by atoms with Crippen LogP contribution in [0.4, 0.5) is 5.69 Å². The predicted molar refractivity (Wildman–Crippen MR) is 70.2 cm³/mol. The molecular weight excluding hydrogens is 258 g/mol. The van der Waals surface area contributed by atoms with E-state index in [2.05, 4.69) is 11.9 Å². The molecule has 0 aliphatic rings. The lowest BCUT2D eigenvalue weighted by Crippen LogP contribution is -2.93. The number of benzene rings is 1. The van der Waals surface area contributed by atoms with Gasteiger partial charge in [-0.2, -0.15) is 5.26 Å². The zero-order chi connectivity index (χ0) is 15.0. The van der Waals surface area contributed by atoms with Gasteiger partial charge in [0.05, 0.1) is 30.2 Å². The van der Waals surface area contributed by atoms with E-state index >= 15 is 0 Å². The summed E-state index contributed by atoms with van der Waals surface area (Å²) in [5.74, 6) is -1.79. The van der Waals surface area contributed by atoms with E-state index < -0.39 is 17.9 Å². The molecule has 0 bridgehead atoms. The molecule has 0 fully saturated rings. The molecule has 0 aromatic heterocycles. The Balaban J connectivity index is 2.68. The van der Waals surface area contributed by atoms with Gasteiger partial charge in [0.2, 0.25) is 5.91 Å².